The lowest BCUT2D eigenvalue weighted by atomic mass is 10.2. The van der Waals surface area contributed by atoms with Crippen molar-refractivity contribution < 1.29 is 9.47 Å². The van der Waals surface area contributed by atoms with Crippen molar-refractivity contribution in [2.45, 2.75) is 19.8 Å². The van der Waals surface area contributed by atoms with Crippen LogP contribution in [-0.2, 0) is 0 Å². The van der Waals surface area contributed by atoms with Gasteiger partial charge in [0.05, 0.1) is 24.2 Å². The topological polar surface area (TPSA) is 89.5 Å². The molecular formula is C21H19BrN4O3. The monoisotopic (exact) mass is 454 g/mol. The van der Waals surface area contributed by atoms with Crippen LogP contribution in [-0.4, -0.2) is 29.6 Å². The number of halogens is 1. The molecule has 29 heavy (non-hydrogen) atoms. The van der Waals surface area contributed by atoms with Gasteiger partial charge in [-0.15, -0.1) is 0 Å². The van der Waals surface area contributed by atoms with E-state index in [1.165, 1.54) is 18.0 Å². The average molecular weight is 455 g/mol. The maximum atomic E-state index is 13.1. The number of fused-ring (bicyclic) bond motifs is 1. The van der Waals surface area contributed by atoms with E-state index in [1.807, 2.05) is 26.0 Å². The van der Waals surface area contributed by atoms with Crippen LogP contribution in [0.5, 0.6) is 11.5 Å². The fourth-order valence-corrected chi connectivity index (χ4v) is 3.19. The summed E-state index contributed by atoms with van der Waals surface area (Å²) in [6, 6.07) is 12.6. The van der Waals surface area contributed by atoms with Gasteiger partial charge in [-0.1, -0.05) is 35.8 Å². The normalized spacial score (nSPS) is 11.2. The fraction of sp³-hybridized carbons (Fsp3) is 0.238. The largest absolute Gasteiger partial charge is 0.493 e. The number of hydrogen-bond donors (Lipinski definition) is 0. The van der Waals surface area contributed by atoms with Crippen LogP contribution in [0.1, 0.15) is 31.2 Å². The number of aromatic nitrogens is 2. The number of nitriles is 1. The zero-order valence-corrected chi connectivity index (χ0v) is 17.8. The van der Waals surface area contributed by atoms with Crippen molar-refractivity contribution in [2.75, 3.05) is 13.7 Å². The zero-order valence-electron chi connectivity index (χ0n) is 16.2. The number of rotatable bonds is 6. The molecule has 0 aliphatic carbocycles. The third-order valence-electron chi connectivity index (χ3n) is 4.17. The van der Waals surface area contributed by atoms with Crippen molar-refractivity contribution in [3.05, 3.63) is 62.6 Å². The molecule has 148 valence electrons. The summed E-state index contributed by atoms with van der Waals surface area (Å²) in [6.45, 7) is 3.76. The Hall–Kier alpha value is -3.18. The van der Waals surface area contributed by atoms with Gasteiger partial charge in [-0.05, 0) is 30.3 Å². The molecule has 0 aliphatic heterocycles. The average Bonchev–Trinajstić information content (AvgIpc) is 2.71. The van der Waals surface area contributed by atoms with Gasteiger partial charge in [-0.25, -0.2) is 4.98 Å². The van der Waals surface area contributed by atoms with Crippen molar-refractivity contribution >= 4 is 33.0 Å². The van der Waals surface area contributed by atoms with Crippen LogP contribution in [0, 0.1) is 11.3 Å². The first-order chi connectivity index (χ1) is 14.0. The molecule has 0 radical (unpaired) electrons. The first-order valence-electron chi connectivity index (χ1n) is 8.89. The molecule has 0 bridgehead atoms. The van der Waals surface area contributed by atoms with Crippen molar-refractivity contribution in [2.24, 2.45) is 5.10 Å². The van der Waals surface area contributed by atoms with Gasteiger partial charge in [-0.3, -0.25) is 4.79 Å². The van der Waals surface area contributed by atoms with Gasteiger partial charge in [0, 0.05) is 16.0 Å². The van der Waals surface area contributed by atoms with Gasteiger partial charge in [0.15, 0.2) is 18.1 Å². The highest BCUT2D eigenvalue weighted by atomic mass is 79.9. The van der Waals surface area contributed by atoms with Crippen LogP contribution in [0.4, 0.5) is 0 Å². The summed E-state index contributed by atoms with van der Waals surface area (Å²) >= 11 is 3.39. The van der Waals surface area contributed by atoms with E-state index in [2.05, 4.69) is 26.0 Å². The van der Waals surface area contributed by atoms with Crippen molar-refractivity contribution in [3.8, 4) is 17.6 Å². The summed E-state index contributed by atoms with van der Waals surface area (Å²) in [5.41, 5.74) is 0.932. The summed E-state index contributed by atoms with van der Waals surface area (Å²) in [7, 11) is 1.52. The first-order valence-corrected chi connectivity index (χ1v) is 9.69. The highest BCUT2D eigenvalue weighted by Crippen LogP contribution is 2.30. The Labute approximate surface area is 176 Å². The quantitative estimate of drug-likeness (QED) is 0.523. The number of methoxy groups -OCH3 is 1. The molecule has 0 N–H and O–H groups in total. The summed E-state index contributed by atoms with van der Waals surface area (Å²) in [4.78, 5) is 17.7. The SMILES string of the molecule is COc1cccc(C=Nn2c(C(C)C)nc3ccc(Br)cc3c2=O)c1OCC#N. The molecule has 1 heterocycles. The Balaban J connectivity index is 2.16. The first kappa shape index (κ1) is 20.6. The van der Waals surface area contributed by atoms with Gasteiger partial charge >= 0.3 is 0 Å². The third-order valence-corrected chi connectivity index (χ3v) is 4.67. The lowest BCUT2D eigenvalue weighted by Gasteiger charge is -2.13. The molecule has 0 spiro atoms. The number of para-hydroxylation sites is 1. The molecule has 0 unspecified atom stereocenters. The molecule has 0 saturated heterocycles. The molecule has 0 fully saturated rings. The second-order valence-corrected chi connectivity index (χ2v) is 7.39. The van der Waals surface area contributed by atoms with Gasteiger partial charge < -0.3 is 9.47 Å². The highest BCUT2D eigenvalue weighted by molar-refractivity contribution is 9.10. The van der Waals surface area contributed by atoms with Crippen molar-refractivity contribution in [1.82, 2.24) is 9.66 Å². The van der Waals surface area contributed by atoms with E-state index in [4.69, 9.17) is 14.7 Å². The summed E-state index contributed by atoms with van der Waals surface area (Å²) < 4.78 is 12.9. The number of nitrogens with zero attached hydrogens (tertiary/aromatic N) is 4. The standard InChI is InChI=1S/C21H19BrN4O3/c1-13(2)20-25-17-8-7-15(22)11-16(17)21(27)26(20)24-12-14-5-4-6-18(28-3)19(14)29-10-9-23/h4-8,11-13H,10H2,1-3H3. The van der Waals surface area contributed by atoms with Crippen LogP contribution >= 0.6 is 15.9 Å². The number of benzene rings is 2. The highest BCUT2D eigenvalue weighted by Gasteiger charge is 2.15. The Morgan fingerprint density at radius 2 is 2.14 bits per heavy atom. The molecule has 3 aromatic rings. The second kappa shape index (κ2) is 8.88. The molecule has 0 aliphatic rings. The number of ether oxygens (including phenoxy) is 2. The minimum Gasteiger partial charge on any atom is -0.493 e. The second-order valence-electron chi connectivity index (χ2n) is 6.47. The van der Waals surface area contributed by atoms with E-state index in [-0.39, 0.29) is 18.1 Å². The minimum absolute atomic E-state index is 0.0208. The molecule has 7 nitrogen and oxygen atoms in total. The molecule has 0 atom stereocenters. The maximum absolute atomic E-state index is 13.1. The van der Waals surface area contributed by atoms with Crippen LogP contribution in [0.2, 0.25) is 0 Å². The van der Waals surface area contributed by atoms with Gasteiger partial charge in [0.2, 0.25) is 0 Å². The van der Waals surface area contributed by atoms with E-state index in [0.717, 1.165) is 4.47 Å². The summed E-state index contributed by atoms with van der Waals surface area (Å²) in [5, 5.41) is 13.7. The maximum Gasteiger partial charge on any atom is 0.282 e. The smallest absolute Gasteiger partial charge is 0.282 e. The van der Waals surface area contributed by atoms with Crippen molar-refractivity contribution in [1.29, 1.82) is 5.26 Å². The number of hydrogen-bond acceptors (Lipinski definition) is 6. The Morgan fingerprint density at radius 3 is 2.83 bits per heavy atom. The molecule has 2 aromatic carbocycles. The molecule has 0 saturated carbocycles. The van der Waals surface area contributed by atoms with E-state index in [0.29, 0.717) is 33.8 Å². The molecule has 8 heteroatoms. The molecular weight excluding hydrogens is 436 g/mol. The van der Waals surface area contributed by atoms with Gasteiger partial charge in [0.1, 0.15) is 11.9 Å². The van der Waals surface area contributed by atoms with E-state index < -0.39 is 0 Å². The van der Waals surface area contributed by atoms with Crippen LogP contribution < -0.4 is 15.0 Å². The zero-order chi connectivity index (χ0) is 21.0. The van der Waals surface area contributed by atoms with Crippen LogP contribution in [0.25, 0.3) is 10.9 Å². The van der Waals surface area contributed by atoms with Crippen LogP contribution in [0.3, 0.4) is 0 Å². The third kappa shape index (κ3) is 4.30. The fourth-order valence-electron chi connectivity index (χ4n) is 2.83. The lowest BCUT2D eigenvalue weighted by molar-refractivity contribution is 0.329. The molecule has 0 amide bonds. The lowest BCUT2D eigenvalue weighted by Crippen LogP contribution is -2.23. The Bertz CT molecular complexity index is 1180. The van der Waals surface area contributed by atoms with Gasteiger partial charge in [-0.2, -0.15) is 15.0 Å². The molecule has 1 aromatic heterocycles. The minimum atomic E-state index is -0.265. The van der Waals surface area contributed by atoms with E-state index in [1.54, 1.807) is 30.3 Å². The van der Waals surface area contributed by atoms with E-state index in [9.17, 15) is 4.79 Å². The Morgan fingerprint density at radius 1 is 1.34 bits per heavy atom. The van der Waals surface area contributed by atoms with Crippen molar-refractivity contribution in [3.63, 3.8) is 0 Å². The van der Waals surface area contributed by atoms with Gasteiger partial charge in [0.25, 0.3) is 5.56 Å². The predicted molar refractivity (Wildman–Crippen MR) is 115 cm³/mol. The van der Waals surface area contributed by atoms with Crippen LogP contribution in [0.15, 0.2) is 50.8 Å². The summed E-state index contributed by atoms with van der Waals surface area (Å²) in [5.74, 6) is 1.38. The molecule has 3 rings (SSSR count). The predicted octanol–water partition coefficient (Wildman–Crippen LogP) is 4.08. The Kier molecular flexibility index (Phi) is 6.29. The summed E-state index contributed by atoms with van der Waals surface area (Å²) in [6.07, 6.45) is 1.51. The van der Waals surface area contributed by atoms with E-state index >= 15 is 0 Å².